The van der Waals surface area contributed by atoms with E-state index >= 15 is 0 Å². The lowest BCUT2D eigenvalue weighted by atomic mass is 10.2. The third-order valence-electron chi connectivity index (χ3n) is 0.663. The van der Waals surface area contributed by atoms with Gasteiger partial charge in [-0.3, -0.25) is 0 Å². The standard InChI is InChI=1S/C7H14O/c1-6(2)5-8-7(3)4/h6H,3,5H2,1-2,4H3. The molecule has 0 amide bonds. The van der Waals surface area contributed by atoms with Crippen molar-refractivity contribution in [1.29, 1.82) is 0 Å². The molecule has 0 atom stereocenters. The van der Waals surface area contributed by atoms with Gasteiger partial charge in [-0.2, -0.15) is 0 Å². The van der Waals surface area contributed by atoms with Crippen LogP contribution in [0.5, 0.6) is 0 Å². The molecule has 0 radical (unpaired) electrons. The average molecular weight is 114 g/mol. The van der Waals surface area contributed by atoms with Gasteiger partial charge in [0.1, 0.15) is 0 Å². The Morgan fingerprint density at radius 1 is 1.62 bits per heavy atom. The Labute approximate surface area is 51.4 Å². The summed E-state index contributed by atoms with van der Waals surface area (Å²) in [6, 6.07) is 0. The maximum absolute atomic E-state index is 5.11. The lowest BCUT2D eigenvalue weighted by Gasteiger charge is -2.05. The zero-order valence-corrected chi connectivity index (χ0v) is 5.90. The van der Waals surface area contributed by atoms with Crippen molar-refractivity contribution in [2.45, 2.75) is 20.8 Å². The second-order valence-corrected chi connectivity index (χ2v) is 2.41. The molecule has 8 heavy (non-hydrogen) atoms. The van der Waals surface area contributed by atoms with E-state index in [1.807, 2.05) is 6.92 Å². The van der Waals surface area contributed by atoms with E-state index in [1.54, 1.807) is 0 Å². The van der Waals surface area contributed by atoms with E-state index in [4.69, 9.17) is 4.74 Å². The van der Waals surface area contributed by atoms with Crippen molar-refractivity contribution < 1.29 is 4.74 Å². The fourth-order valence-electron chi connectivity index (χ4n) is 0.309. The first kappa shape index (κ1) is 7.54. The van der Waals surface area contributed by atoms with Crippen LogP contribution < -0.4 is 0 Å². The molecule has 48 valence electrons. The molecule has 0 fully saturated rings. The van der Waals surface area contributed by atoms with Crippen molar-refractivity contribution in [2.75, 3.05) is 6.61 Å². The smallest absolute Gasteiger partial charge is 0.0899 e. The van der Waals surface area contributed by atoms with Crippen LogP contribution in [-0.2, 0) is 4.74 Å². The Balaban J connectivity index is 3.05. The summed E-state index contributed by atoms with van der Waals surface area (Å²) < 4.78 is 5.11. The molecule has 0 saturated carbocycles. The molecule has 0 N–H and O–H groups in total. The molecule has 0 spiro atoms. The quantitative estimate of drug-likeness (QED) is 0.511. The predicted octanol–water partition coefficient (Wildman–Crippen LogP) is 2.19. The predicted molar refractivity (Wildman–Crippen MR) is 35.6 cm³/mol. The maximum atomic E-state index is 5.11. The van der Waals surface area contributed by atoms with Gasteiger partial charge < -0.3 is 4.74 Å². The minimum Gasteiger partial charge on any atom is -0.499 e. The molecule has 0 unspecified atom stereocenters. The largest absolute Gasteiger partial charge is 0.499 e. The highest BCUT2D eigenvalue weighted by atomic mass is 16.5. The van der Waals surface area contributed by atoms with Crippen LogP contribution >= 0.6 is 0 Å². The number of rotatable bonds is 3. The second-order valence-electron chi connectivity index (χ2n) is 2.41. The van der Waals surface area contributed by atoms with Crippen LogP contribution in [0.3, 0.4) is 0 Å². The minimum atomic E-state index is 0.603. The summed E-state index contributed by atoms with van der Waals surface area (Å²) in [4.78, 5) is 0. The SMILES string of the molecule is C=C(C)OCC(C)C. The zero-order chi connectivity index (χ0) is 6.57. The Hall–Kier alpha value is -0.460. The summed E-state index contributed by atoms with van der Waals surface area (Å²) >= 11 is 0. The van der Waals surface area contributed by atoms with Gasteiger partial charge in [-0.15, -0.1) is 0 Å². The van der Waals surface area contributed by atoms with Gasteiger partial charge in [0.2, 0.25) is 0 Å². The first-order valence-electron chi connectivity index (χ1n) is 2.91. The van der Waals surface area contributed by atoms with Crippen molar-refractivity contribution in [2.24, 2.45) is 5.92 Å². The highest BCUT2D eigenvalue weighted by Gasteiger charge is 1.91. The monoisotopic (exact) mass is 114 g/mol. The number of hydrogen-bond acceptors (Lipinski definition) is 1. The van der Waals surface area contributed by atoms with Gasteiger partial charge in [0.15, 0.2) is 0 Å². The van der Waals surface area contributed by atoms with Gasteiger partial charge in [-0.25, -0.2) is 0 Å². The summed E-state index contributed by atoms with van der Waals surface area (Å²) in [5, 5.41) is 0. The zero-order valence-electron chi connectivity index (χ0n) is 5.90. The molecule has 0 aliphatic heterocycles. The first-order chi connectivity index (χ1) is 3.63. The molecule has 0 rings (SSSR count). The first-order valence-corrected chi connectivity index (χ1v) is 2.91. The van der Waals surface area contributed by atoms with E-state index in [-0.39, 0.29) is 0 Å². The van der Waals surface area contributed by atoms with Gasteiger partial charge in [-0.05, 0) is 12.8 Å². The Morgan fingerprint density at radius 3 is 2.25 bits per heavy atom. The van der Waals surface area contributed by atoms with Crippen molar-refractivity contribution in [1.82, 2.24) is 0 Å². The van der Waals surface area contributed by atoms with Gasteiger partial charge >= 0.3 is 0 Å². The summed E-state index contributed by atoms with van der Waals surface area (Å²) in [5.74, 6) is 1.41. The van der Waals surface area contributed by atoms with Crippen LogP contribution in [0.25, 0.3) is 0 Å². The molecule has 0 aromatic heterocycles. The Kier molecular flexibility index (Phi) is 3.33. The van der Waals surface area contributed by atoms with Gasteiger partial charge in [0.25, 0.3) is 0 Å². The lowest BCUT2D eigenvalue weighted by Crippen LogP contribution is -1.98. The van der Waals surface area contributed by atoms with Crippen LogP contribution in [-0.4, -0.2) is 6.61 Å². The highest BCUT2D eigenvalue weighted by molar-refractivity contribution is 4.73. The van der Waals surface area contributed by atoms with E-state index in [0.717, 1.165) is 12.4 Å². The number of ether oxygens (including phenoxy) is 1. The third-order valence-corrected chi connectivity index (χ3v) is 0.663. The molecule has 1 nitrogen and oxygen atoms in total. The topological polar surface area (TPSA) is 9.23 Å². The molecule has 0 aliphatic carbocycles. The molecule has 0 saturated heterocycles. The van der Waals surface area contributed by atoms with E-state index in [1.165, 1.54) is 0 Å². The summed E-state index contributed by atoms with van der Waals surface area (Å²) in [7, 11) is 0. The summed E-state index contributed by atoms with van der Waals surface area (Å²) in [6.07, 6.45) is 0. The Morgan fingerprint density at radius 2 is 2.12 bits per heavy atom. The minimum absolute atomic E-state index is 0.603. The summed E-state index contributed by atoms with van der Waals surface area (Å²) in [5.41, 5.74) is 0. The maximum Gasteiger partial charge on any atom is 0.0899 e. The van der Waals surface area contributed by atoms with E-state index in [9.17, 15) is 0 Å². The van der Waals surface area contributed by atoms with E-state index in [2.05, 4.69) is 20.4 Å². The molecule has 0 heterocycles. The van der Waals surface area contributed by atoms with Crippen molar-refractivity contribution in [3.63, 3.8) is 0 Å². The lowest BCUT2D eigenvalue weighted by molar-refractivity contribution is 0.182. The highest BCUT2D eigenvalue weighted by Crippen LogP contribution is 1.96. The second kappa shape index (κ2) is 3.53. The molecule has 0 aromatic carbocycles. The third kappa shape index (κ3) is 5.54. The molecule has 0 bridgehead atoms. The molecular weight excluding hydrogens is 100 g/mol. The van der Waals surface area contributed by atoms with Crippen LogP contribution in [0.1, 0.15) is 20.8 Å². The van der Waals surface area contributed by atoms with Crippen molar-refractivity contribution in [3.05, 3.63) is 12.3 Å². The van der Waals surface area contributed by atoms with Crippen LogP contribution in [0.15, 0.2) is 12.3 Å². The molecule has 1 heteroatoms. The Bertz CT molecular complexity index is 74.5. The molecular formula is C7H14O. The van der Waals surface area contributed by atoms with Crippen molar-refractivity contribution in [3.8, 4) is 0 Å². The summed E-state index contributed by atoms with van der Waals surface area (Å²) in [6.45, 7) is 10.5. The van der Waals surface area contributed by atoms with Crippen LogP contribution in [0.4, 0.5) is 0 Å². The van der Waals surface area contributed by atoms with E-state index in [0.29, 0.717) is 5.92 Å². The van der Waals surface area contributed by atoms with Crippen molar-refractivity contribution >= 4 is 0 Å². The van der Waals surface area contributed by atoms with Gasteiger partial charge in [0.05, 0.1) is 12.4 Å². The van der Waals surface area contributed by atoms with Gasteiger partial charge in [-0.1, -0.05) is 20.4 Å². The fraction of sp³-hybridized carbons (Fsp3) is 0.714. The molecule has 0 aromatic rings. The molecule has 0 aliphatic rings. The average Bonchev–Trinajstić information content (AvgIpc) is 1.61. The van der Waals surface area contributed by atoms with E-state index < -0.39 is 0 Å². The fourth-order valence-corrected chi connectivity index (χ4v) is 0.309. The number of allylic oxidation sites excluding steroid dienone is 1. The normalized spacial score (nSPS) is 9.50. The van der Waals surface area contributed by atoms with Gasteiger partial charge in [0, 0.05) is 0 Å². The van der Waals surface area contributed by atoms with Crippen LogP contribution in [0.2, 0.25) is 0 Å². The van der Waals surface area contributed by atoms with Crippen LogP contribution in [0, 0.1) is 5.92 Å². The number of hydrogen-bond donors (Lipinski definition) is 0.